The van der Waals surface area contributed by atoms with Crippen molar-refractivity contribution in [2.75, 3.05) is 6.54 Å². The Balaban J connectivity index is 2.00. The molecule has 0 aromatic carbocycles. The second kappa shape index (κ2) is 4.79. The molecular formula is C15H20F2N4O. The number of fused-ring (bicyclic) bond motifs is 1. The molecule has 1 atom stereocenters. The number of nitrogens with zero attached hydrogens (tertiary/aromatic N) is 3. The summed E-state index contributed by atoms with van der Waals surface area (Å²) in [6.07, 6.45) is 0.181. The molecule has 0 radical (unpaired) electrons. The Kier molecular flexibility index (Phi) is 3.27. The fourth-order valence-corrected chi connectivity index (χ4v) is 3.58. The molecule has 1 amide bonds. The van der Waals surface area contributed by atoms with Gasteiger partial charge in [0, 0.05) is 37.0 Å². The van der Waals surface area contributed by atoms with E-state index in [1.807, 2.05) is 11.8 Å². The summed E-state index contributed by atoms with van der Waals surface area (Å²) in [6, 6.07) is 1.64. The van der Waals surface area contributed by atoms with Gasteiger partial charge in [0.2, 0.25) is 5.92 Å². The van der Waals surface area contributed by atoms with Crippen LogP contribution in [0.25, 0.3) is 0 Å². The van der Waals surface area contributed by atoms with Crippen molar-refractivity contribution in [3.8, 4) is 0 Å². The van der Waals surface area contributed by atoms with Crippen LogP contribution in [0.5, 0.6) is 0 Å². The van der Waals surface area contributed by atoms with Crippen LogP contribution in [0.1, 0.15) is 42.4 Å². The molecule has 0 bridgehead atoms. The first-order chi connectivity index (χ1) is 10.2. The van der Waals surface area contributed by atoms with Crippen molar-refractivity contribution in [2.24, 2.45) is 11.1 Å². The highest BCUT2D eigenvalue weighted by Gasteiger charge is 2.51. The number of halogens is 2. The average molecular weight is 310 g/mol. The lowest BCUT2D eigenvalue weighted by Crippen LogP contribution is -2.36. The molecule has 5 nitrogen and oxygen atoms in total. The molecule has 2 aliphatic rings. The Morgan fingerprint density at radius 1 is 1.41 bits per heavy atom. The van der Waals surface area contributed by atoms with Crippen LogP contribution < -0.4 is 5.73 Å². The molecule has 1 saturated carbocycles. The molecule has 7 heteroatoms. The standard InChI is InChI=1S/C15H20F2N4O/c1-10(2)20-6-11-5-12(13(18)22)19-21(11)9-14(8-20)3-4-15(16,17)7-14/h5H,1,3-4,6-9H2,2H3,(H2,18,22). The van der Waals surface area contributed by atoms with Gasteiger partial charge in [0.1, 0.15) is 5.69 Å². The first-order valence-corrected chi connectivity index (χ1v) is 7.35. The summed E-state index contributed by atoms with van der Waals surface area (Å²) in [6.45, 7) is 7.23. The summed E-state index contributed by atoms with van der Waals surface area (Å²) < 4.78 is 29.3. The maximum atomic E-state index is 13.8. The monoisotopic (exact) mass is 310 g/mol. The third-order valence-corrected chi connectivity index (χ3v) is 4.67. The van der Waals surface area contributed by atoms with Gasteiger partial charge in [-0.3, -0.25) is 9.48 Å². The van der Waals surface area contributed by atoms with Crippen molar-refractivity contribution >= 4 is 5.91 Å². The van der Waals surface area contributed by atoms with Crippen molar-refractivity contribution < 1.29 is 13.6 Å². The van der Waals surface area contributed by atoms with Gasteiger partial charge in [-0.05, 0) is 19.4 Å². The normalized spacial score (nSPS) is 26.8. The number of carbonyl (C=O) groups is 1. The molecule has 1 aliphatic carbocycles. The second-order valence-electron chi connectivity index (χ2n) is 6.67. The van der Waals surface area contributed by atoms with E-state index in [1.165, 1.54) is 0 Å². The van der Waals surface area contributed by atoms with Gasteiger partial charge in [-0.1, -0.05) is 6.58 Å². The minimum Gasteiger partial charge on any atom is -0.369 e. The van der Waals surface area contributed by atoms with E-state index in [0.717, 1.165) is 11.4 Å². The van der Waals surface area contributed by atoms with Gasteiger partial charge >= 0.3 is 0 Å². The van der Waals surface area contributed by atoms with Crippen molar-refractivity contribution in [2.45, 2.75) is 45.2 Å². The summed E-state index contributed by atoms with van der Waals surface area (Å²) in [5, 5.41) is 4.21. The van der Waals surface area contributed by atoms with Gasteiger partial charge < -0.3 is 10.6 Å². The number of rotatable bonds is 2. The summed E-state index contributed by atoms with van der Waals surface area (Å²) in [4.78, 5) is 13.3. The number of alkyl halides is 2. The average Bonchev–Trinajstić information content (AvgIpc) is 2.86. The van der Waals surface area contributed by atoms with E-state index >= 15 is 0 Å². The molecule has 1 aliphatic heterocycles. The Labute approximate surface area is 127 Å². The molecule has 1 spiro atoms. The summed E-state index contributed by atoms with van der Waals surface area (Å²) in [5.74, 6) is -3.24. The first-order valence-electron chi connectivity index (χ1n) is 7.35. The predicted octanol–water partition coefficient (Wildman–Crippen LogP) is 2.14. The Morgan fingerprint density at radius 2 is 2.14 bits per heavy atom. The quantitative estimate of drug-likeness (QED) is 0.910. The van der Waals surface area contributed by atoms with Crippen LogP contribution in [-0.2, 0) is 13.1 Å². The van der Waals surface area contributed by atoms with Crippen LogP contribution in [-0.4, -0.2) is 33.1 Å². The van der Waals surface area contributed by atoms with Gasteiger partial charge in [-0.2, -0.15) is 5.10 Å². The highest BCUT2D eigenvalue weighted by molar-refractivity contribution is 5.90. The zero-order valence-corrected chi connectivity index (χ0v) is 12.6. The maximum Gasteiger partial charge on any atom is 0.269 e. The Hall–Kier alpha value is -1.92. The minimum atomic E-state index is -2.63. The number of amides is 1. The SMILES string of the molecule is C=C(C)N1Cc2cc(C(N)=O)nn2CC2(CCC(F)(F)C2)C1. The lowest BCUT2D eigenvalue weighted by molar-refractivity contribution is -0.00899. The van der Waals surface area contributed by atoms with Crippen molar-refractivity contribution in [1.82, 2.24) is 14.7 Å². The molecule has 2 heterocycles. The molecule has 1 unspecified atom stereocenters. The van der Waals surface area contributed by atoms with E-state index < -0.39 is 17.2 Å². The summed E-state index contributed by atoms with van der Waals surface area (Å²) in [5.41, 5.74) is 6.55. The van der Waals surface area contributed by atoms with E-state index in [9.17, 15) is 13.6 Å². The van der Waals surface area contributed by atoms with Crippen LogP contribution in [0.4, 0.5) is 8.78 Å². The third-order valence-electron chi connectivity index (χ3n) is 4.67. The molecular weight excluding hydrogens is 290 g/mol. The van der Waals surface area contributed by atoms with Crippen LogP contribution in [0.15, 0.2) is 18.3 Å². The smallest absolute Gasteiger partial charge is 0.269 e. The zero-order valence-electron chi connectivity index (χ0n) is 12.6. The second-order valence-corrected chi connectivity index (χ2v) is 6.67. The van der Waals surface area contributed by atoms with Gasteiger partial charge in [0.05, 0.1) is 12.2 Å². The third kappa shape index (κ3) is 2.60. The van der Waals surface area contributed by atoms with Gasteiger partial charge in [0.15, 0.2) is 0 Å². The van der Waals surface area contributed by atoms with Gasteiger partial charge in [-0.25, -0.2) is 8.78 Å². The predicted molar refractivity (Wildman–Crippen MR) is 77.2 cm³/mol. The minimum absolute atomic E-state index is 0.101. The zero-order chi connectivity index (χ0) is 16.1. The van der Waals surface area contributed by atoms with E-state index in [4.69, 9.17) is 5.73 Å². The molecule has 22 heavy (non-hydrogen) atoms. The lowest BCUT2D eigenvalue weighted by atomic mass is 9.85. The topological polar surface area (TPSA) is 64.2 Å². The van der Waals surface area contributed by atoms with Crippen molar-refractivity contribution in [1.29, 1.82) is 0 Å². The lowest BCUT2D eigenvalue weighted by Gasteiger charge is -2.33. The van der Waals surface area contributed by atoms with Crippen molar-refractivity contribution in [3.63, 3.8) is 0 Å². The Bertz CT molecular complexity index is 639. The fraction of sp³-hybridized carbons (Fsp3) is 0.600. The number of hydrogen-bond acceptors (Lipinski definition) is 3. The molecule has 0 saturated heterocycles. The van der Waals surface area contributed by atoms with Crippen LogP contribution >= 0.6 is 0 Å². The molecule has 1 fully saturated rings. The summed E-state index contributed by atoms with van der Waals surface area (Å²) >= 11 is 0. The van der Waals surface area contributed by atoms with Crippen LogP contribution in [0.2, 0.25) is 0 Å². The van der Waals surface area contributed by atoms with E-state index in [0.29, 0.717) is 26.1 Å². The maximum absolute atomic E-state index is 13.8. The van der Waals surface area contributed by atoms with Gasteiger partial charge in [0.25, 0.3) is 5.91 Å². The van der Waals surface area contributed by atoms with E-state index in [1.54, 1.807) is 10.7 Å². The first kappa shape index (κ1) is 15.0. The molecule has 1 aromatic heterocycles. The van der Waals surface area contributed by atoms with Crippen LogP contribution in [0.3, 0.4) is 0 Å². The molecule has 120 valence electrons. The molecule has 3 rings (SSSR count). The highest BCUT2D eigenvalue weighted by Crippen LogP contribution is 2.50. The fourth-order valence-electron chi connectivity index (χ4n) is 3.58. The number of hydrogen-bond donors (Lipinski definition) is 1. The number of aromatic nitrogens is 2. The van der Waals surface area contributed by atoms with Gasteiger partial charge in [-0.15, -0.1) is 0 Å². The van der Waals surface area contributed by atoms with E-state index in [-0.39, 0.29) is 18.5 Å². The molecule has 2 N–H and O–H groups in total. The number of allylic oxidation sites excluding steroid dienone is 1. The van der Waals surface area contributed by atoms with Crippen molar-refractivity contribution in [3.05, 3.63) is 29.7 Å². The molecule has 1 aromatic rings. The number of carbonyl (C=O) groups excluding carboxylic acids is 1. The largest absolute Gasteiger partial charge is 0.369 e. The Morgan fingerprint density at radius 3 is 2.68 bits per heavy atom. The number of nitrogens with two attached hydrogens (primary N) is 1. The summed E-state index contributed by atoms with van der Waals surface area (Å²) in [7, 11) is 0. The van der Waals surface area contributed by atoms with Crippen LogP contribution in [0, 0.1) is 5.41 Å². The van der Waals surface area contributed by atoms with E-state index in [2.05, 4.69) is 11.7 Å². The number of primary amides is 1. The highest BCUT2D eigenvalue weighted by atomic mass is 19.3.